The summed E-state index contributed by atoms with van der Waals surface area (Å²) < 4.78 is 8.21. The van der Waals surface area contributed by atoms with Crippen LogP contribution in [-0.2, 0) is 17.9 Å². The van der Waals surface area contributed by atoms with E-state index in [0.717, 1.165) is 36.7 Å². The number of pyridine rings is 1. The maximum atomic E-state index is 6.15. The second-order valence-corrected chi connectivity index (χ2v) is 6.64. The van der Waals surface area contributed by atoms with Crippen LogP contribution >= 0.6 is 12.4 Å². The van der Waals surface area contributed by atoms with Crippen molar-refractivity contribution in [3.05, 3.63) is 66.0 Å². The summed E-state index contributed by atoms with van der Waals surface area (Å²) in [5, 5.41) is 8.83. The summed E-state index contributed by atoms with van der Waals surface area (Å²) in [4.78, 5) is 6.84. The maximum Gasteiger partial charge on any atom is 0.137 e. The Morgan fingerprint density at radius 3 is 2.69 bits per heavy atom. The zero-order chi connectivity index (χ0) is 16.6. The van der Waals surface area contributed by atoms with E-state index in [0.29, 0.717) is 6.61 Å². The van der Waals surface area contributed by atoms with Gasteiger partial charge >= 0.3 is 0 Å². The van der Waals surface area contributed by atoms with Crippen molar-refractivity contribution in [1.82, 2.24) is 24.9 Å². The molecular formula is C19H20ClN5O. The van der Waals surface area contributed by atoms with Gasteiger partial charge in [0.2, 0.25) is 0 Å². The van der Waals surface area contributed by atoms with E-state index >= 15 is 0 Å². The Hall–Kier alpha value is -2.28. The number of fused-ring (bicyclic) bond motifs is 3. The molecule has 26 heavy (non-hydrogen) atoms. The highest BCUT2D eigenvalue weighted by atomic mass is 35.5. The fourth-order valence-electron chi connectivity index (χ4n) is 3.80. The van der Waals surface area contributed by atoms with Gasteiger partial charge in [0.1, 0.15) is 5.69 Å². The highest BCUT2D eigenvalue weighted by Crippen LogP contribution is 2.34. The smallest absolute Gasteiger partial charge is 0.137 e. The van der Waals surface area contributed by atoms with Crippen molar-refractivity contribution in [2.75, 3.05) is 13.1 Å². The molecule has 0 radical (unpaired) electrons. The summed E-state index contributed by atoms with van der Waals surface area (Å²) >= 11 is 0. The van der Waals surface area contributed by atoms with Crippen LogP contribution in [0.25, 0.3) is 11.4 Å². The number of hydrogen-bond acceptors (Lipinski definition) is 5. The van der Waals surface area contributed by atoms with Crippen LogP contribution in [0, 0.1) is 0 Å². The van der Waals surface area contributed by atoms with Crippen molar-refractivity contribution < 1.29 is 4.74 Å². The van der Waals surface area contributed by atoms with Gasteiger partial charge in [-0.1, -0.05) is 41.6 Å². The third-order valence-corrected chi connectivity index (χ3v) is 5.01. The summed E-state index contributed by atoms with van der Waals surface area (Å²) in [7, 11) is 0. The minimum Gasteiger partial charge on any atom is -0.368 e. The molecule has 1 fully saturated rings. The monoisotopic (exact) mass is 369 g/mol. The minimum atomic E-state index is 0. The molecule has 7 heteroatoms. The number of benzene rings is 1. The molecule has 1 saturated heterocycles. The Bertz CT molecular complexity index is 870. The lowest BCUT2D eigenvalue weighted by Crippen LogP contribution is -2.32. The molecule has 134 valence electrons. The van der Waals surface area contributed by atoms with E-state index in [4.69, 9.17) is 4.74 Å². The van der Waals surface area contributed by atoms with Gasteiger partial charge in [-0.15, -0.1) is 17.5 Å². The largest absolute Gasteiger partial charge is 0.368 e. The number of halogens is 1. The van der Waals surface area contributed by atoms with Crippen LogP contribution < -0.4 is 0 Å². The minimum absolute atomic E-state index is 0. The average molecular weight is 370 g/mol. The summed E-state index contributed by atoms with van der Waals surface area (Å²) in [6.07, 6.45) is 1.96. The molecule has 1 aromatic carbocycles. The highest BCUT2D eigenvalue weighted by Gasteiger charge is 2.40. The van der Waals surface area contributed by atoms with Crippen LogP contribution in [0.15, 0.2) is 54.7 Å². The molecule has 0 saturated carbocycles. The van der Waals surface area contributed by atoms with Crippen molar-refractivity contribution in [3.8, 4) is 11.4 Å². The topological polar surface area (TPSA) is 56.1 Å². The van der Waals surface area contributed by atoms with E-state index in [1.165, 1.54) is 5.56 Å². The first-order chi connectivity index (χ1) is 12.4. The van der Waals surface area contributed by atoms with Crippen molar-refractivity contribution in [1.29, 1.82) is 0 Å². The van der Waals surface area contributed by atoms with Gasteiger partial charge in [0.15, 0.2) is 0 Å². The van der Waals surface area contributed by atoms with Crippen molar-refractivity contribution in [2.45, 2.75) is 25.3 Å². The molecule has 0 spiro atoms. The first-order valence-corrected chi connectivity index (χ1v) is 8.62. The molecular weight excluding hydrogens is 350 g/mol. The second kappa shape index (κ2) is 7.15. The van der Waals surface area contributed by atoms with E-state index in [1.807, 2.05) is 18.2 Å². The molecule has 4 heterocycles. The number of hydrogen-bond donors (Lipinski definition) is 0. The molecule has 5 rings (SSSR count). The van der Waals surface area contributed by atoms with Crippen LogP contribution in [0.3, 0.4) is 0 Å². The van der Waals surface area contributed by atoms with E-state index in [1.54, 1.807) is 6.20 Å². The third-order valence-electron chi connectivity index (χ3n) is 5.01. The van der Waals surface area contributed by atoms with Crippen LogP contribution in [-0.4, -0.2) is 44.1 Å². The van der Waals surface area contributed by atoms with E-state index in [9.17, 15) is 0 Å². The number of likely N-dealkylation sites (tertiary alicyclic amines) is 1. The SMILES string of the molecule is Cl.c1ccc(CN2C[C@@H]3[C@@H](C2)OCc2c(-c4ccccn4)nnn23)cc1. The van der Waals surface area contributed by atoms with Crippen LogP contribution in [0.2, 0.25) is 0 Å². The van der Waals surface area contributed by atoms with Crippen molar-refractivity contribution >= 4 is 12.4 Å². The Morgan fingerprint density at radius 2 is 1.88 bits per heavy atom. The first-order valence-electron chi connectivity index (χ1n) is 8.62. The van der Waals surface area contributed by atoms with Gasteiger partial charge in [0.25, 0.3) is 0 Å². The average Bonchev–Trinajstić information content (AvgIpc) is 3.26. The zero-order valence-corrected chi connectivity index (χ0v) is 15.0. The van der Waals surface area contributed by atoms with E-state index in [-0.39, 0.29) is 24.6 Å². The summed E-state index contributed by atoms with van der Waals surface area (Å²) in [6.45, 7) is 3.34. The molecule has 0 N–H and O–H groups in total. The van der Waals surface area contributed by atoms with Crippen LogP contribution in [0.4, 0.5) is 0 Å². The number of nitrogens with zero attached hydrogens (tertiary/aromatic N) is 5. The third kappa shape index (κ3) is 3.00. The molecule has 2 aromatic heterocycles. The molecule has 0 unspecified atom stereocenters. The van der Waals surface area contributed by atoms with Gasteiger partial charge in [-0.3, -0.25) is 9.88 Å². The summed E-state index contributed by atoms with van der Waals surface area (Å²) in [6, 6.07) is 16.6. The lowest BCUT2D eigenvalue weighted by molar-refractivity contribution is -0.00495. The van der Waals surface area contributed by atoms with Gasteiger partial charge < -0.3 is 4.74 Å². The molecule has 2 aliphatic heterocycles. The molecule has 0 aliphatic carbocycles. The summed E-state index contributed by atoms with van der Waals surface area (Å²) in [5.41, 5.74) is 4.04. The van der Waals surface area contributed by atoms with E-state index in [2.05, 4.69) is 55.2 Å². The van der Waals surface area contributed by atoms with Crippen molar-refractivity contribution in [3.63, 3.8) is 0 Å². The van der Waals surface area contributed by atoms with Gasteiger partial charge in [-0.05, 0) is 17.7 Å². The fraction of sp³-hybridized carbons (Fsp3) is 0.316. The Kier molecular flexibility index (Phi) is 4.72. The molecule has 2 atom stereocenters. The Morgan fingerprint density at radius 1 is 1.04 bits per heavy atom. The Balaban J connectivity index is 0.00000168. The zero-order valence-electron chi connectivity index (χ0n) is 14.2. The van der Waals surface area contributed by atoms with Gasteiger partial charge in [0, 0.05) is 25.8 Å². The van der Waals surface area contributed by atoms with Crippen molar-refractivity contribution in [2.24, 2.45) is 0 Å². The van der Waals surface area contributed by atoms with Crippen LogP contribution in [0.1, 0.15) is 17.3 Å². The molecule has 0 bridgehead atoms. The predicted molar refractivity (Wildman–Crippen MR) is 99.8 cm³/mol. The quantitative estimate of drug-likeness (QED) is 0.710. The fourth-order valence-corrected chi connectivity index (χ4v) is 3.80. The predicted octanol–water partition coefficient (Wildman–Crippen LogP) is 2.72. The van der Waals surface area contributed by atoms with Gasteiger partial charge in [-0.2, -0.15) is 0 Å². The number of aromatic nitrogens is 4. The lowest BCUT2D eigenvalue weighted by atomic mass is 10.1. The Labute approximate surface area is 158 Å². The second-order valence-electron chi connectivity index (χ2n) is 6.64. The molecule has 3 aromatic rings. The molecule has 6 nitrogen and oxygen atoms in total. The number of ether oxygens (including phenoxy) is 1. The van der Waals surface area contributed by atoms with Crippen LogP contribution in [0.5, 0.6) is 0 Å². The van der Waals surface area contributed by atoms with Gasteiger partial charge in [-0.25, -0.2) is 4.68 Å². The summed E-state index contributed by atoms with van der Waals surface area (Å²) in [5.74, 6) is 0. The van der Waals surface area contributed by atoms with E-state index < -0.39 is 0 Å². The first kappa shape index (κ1) is 17.1. The molecule has 2 aliphatic rings. The van der Waals surface area contributed by atoms with Gasteiger partial charge in [0.05, 0.1) is 30.1 Å². The number of rotatable bonds is 3. The molecule has 0 amide bonds. The standard InChI is InChI=1S/C19H19N5O.ClH/c1-2-6-14(7-3-1)10-23-11-16-18(12-23)25-13-17-19(21-22-24(16)17)15-8-4-5-9-20-15;/h1-9,16,18H,10-13H2;1H/t16-,18-;/m1./s1. The maximum absolute atomic E-state index is 6.15. The normalized spacial score (nSPS) is 21.7. The highest BCUT2D eigenvalue weighted by molar-refractivity contribution is 5.85. The lowest BCUT2D eigenvalue weighted by Gasteiger charge is -2.26.